The molecule has 0 N–H and O–H groups in total. The molecule has 1 aromatic carbocycles. The molecule has 0 aliphatic heterocycles. The zero-order valence-corrected chi connectivity index (χ0v) is 18.8. The van der Waals surface area contributed by atoms with E-state index in [9.17, 15) is 0 Å². The van der Waals surface area contributed by atoms with Crippen LogP contribution < -0.4 is 4.43 Å². The van der Waals surface area contributed by atoms with Crippen molar-refractivity contribution in [3.8, 4) is 5.75 Å². The molecule has 25 heavy (non-hydrogen) atoms. The van der Waals surface area contributed by atoms with Crippen LogP contribution in [0.4, 0.5) is 0 Å². The predicted molar refractivity (Wildman–Crippen MR) is 111 cm³/mol. The van der Waals surface area contributed by atoms with Crippen LogP contribution in [-0.2, 0) is 11.8 Å². The van der Waals surface area contributed by atoms with E-state index >= 15 is 0 Å². The molecule has 0 bridgehead atoms. The molecule has 1 saturated carbocycles. The second-order valence-electron chi connectivity index (χ2n) is 10.7. The molecular formula is C23H38OSi. The highest BCUT2D eigenvalue weighted by molar-refractivity contribution is 6.70. The lowest BCUT2D eigenvalue weighted by molar-refractivity contribution is 0.0405. The lowest BCUT2D eigenvalue weighted by Gasteiger charge is -2.55. The largest absolute Gasteiger partial charge is 0.544 e. The highest BCUT2D eigenvalue weighted by Crippen LogP contribution is 2.58. The average molecular weight is 359 g/mol. The maximum absolute atomic E-state index is 6.51. The molecule has 0 heterocycles. The third-order valence-corrected chi connectivity index (χ3v) is 7.67. The Morgan fingerprint density at radius 1 is 1.08 bits per heavy atom. The van der Waals surface area contributed by atoms with E-state index in [0.29, 0.717) is 16.7 Å². The van der Waals surface area contributed by atoms with Crippen molar-refractivity contribution >= 4 is 8.32 Å². The standard InChI is InChI=1S/C23H38OSi/c1-16(2)21-17-10-13-20-22(3,4)14-9-15-23(20,5)18(17)11-12-19(21)24-25(6,7)8/h11-12,16,20H,9-10,13-15H2,1-8H3. The molecular weight excluding hydrogens is 320 g/mol. The summed E-state index contributed by atoms with van der Waals surface area (Å²) in [6, 6.07) is 4.74. The highest BCUT2D eigenvalue weighted by Gasteiger charge is 2.50. The fourth-order valence-electron chi connectivity index (χ4n) is 5.94. The summed E-state index contributed by atoms with van der Waals surface area (Å²) in [6.07, 6.45) is 6.67. The Labute approximate surface area is 156 Å². The Morgan fingerprint density at radius 3 is 2.36 bits per heavy atom. The van der Waals surface area contributed by atoms with E-state index in [1.165, 1.54) is 43.4 Å². The first-order valence-corrected chi connectivity index (χ1v) is 13.7. The summed E-state index contributed by atoms with van der Waals surface area (Å²) in [6.45, 7) is 19.1. The van der Waals surface area contributed by atoms with Gasteiger partial charge in [0.05, 0.1) is 0 Å². The highest BCUT2D eigenvalue weighted by atomic mass is 28.4. The van der Waals surface area contributed by atoms with Crippen LogP contribution >= 0.6 is 0 Å². The van der Waals surface area contributed by atoms with Gasteiger partial charge < -0.3 is 4.43 Å². The zero-order valence-electron chi connectivity index (χ0n) is 17.8. The van der Waals surface area contributed by atoms with Gasteiger partial charge in [-0.05, 0) is 90.7 Å². The number of hydrogen-bond acceptors (Lipinski definition) is 1. The SMILES string of the molecule is CC(C)c1c(O[Si](C)(C)C)ccc2c1CCC1C(C)(C)CCCC21C. The Bertz CT molecular complexity index is 653. The first kappa shape index (κ1) is 19.0. The summed E-state index contributed by atoms with van der Waals surface area (Å²) >= 11 is 0. The summed E-state index contributed by atoms with van der Waals surface area (Å²) in [5.41, 5.74) is 5.58. The Morgan fingerprint density at radius 2 is 1.76 bits per heavy atom. The molecule has 2 heteroatoms. The topological polar surface area (TPSA) is 9.23 Å². The normalized spacial score (nSPS) is 28.4. The lowest BCUT2D eigenvalue weighted by Crippen LogP contribution is -2.48. The molecule has 0 spiro atoms. The third-order valence-electron chi connectivity index (χ3n) is 6.84. The molecule has 2 atom stereocenters. The van der Waals surface area contributed by atoms with Crippen molar-refractivity contribution < 1.29 is 4.43 Å². The van der Waals surface area contributed by atoms with Gasteiger partial charge in [0.2, 0.25) is 8.32 Å². The van der Waals surface area contributed by atoms with Gasteiger partial charge in [0.15, 0.2) is 0 Å². The minimum Gasteiger partial charge on any atom is -0.544 e. The van der Waals surface area contributed by atoms with Crippen molar-refractivity contribution in [1.82, 2.24) is 0 Å². The molecule has 1 nitrogen and oxygen atoms in total. The van der Waals surface area contributed by atoms with Crippen LogP contribution in [-0.4, -0.2) is 8.32 Å². The van der Waals surface area contributed by atoms with Crippen LogP contribution in [0, 0.1) is 11.3 Å². The molecule has 2 aliphatic rings. The molecule has 0 radical (unpaired) electrons. The van der Waals surface area contributed by atoms with Crippen LogP contribution in [0.1, 0.15) is 82.9 Å². The maximum Gasteiger partial charge on any atom is 0.242 e. The molecule has 0 aromatic heterocycles. The first-order valence-electron chi connectivity index (χ1n) is 10.3. The Balaban J connectivity index is 2.13. The fraction of sp³-hybridized carbons (Fsp3) is 0.739. The van der Waals surface area contributed by atoms with Crippen molar-refractivity contribution in [1.29, 1.82) is 0 Å². The van der Waals surface area contributed by atoms with Gasteiger partial charge in [-0.1, -0.05) is 47.1 Å². The van der Waals surface area contributed by atoms with Crippen LogP contribution in [0.2, 0.25) is 19.6 Å². The fourth-order valence-corrected chi connectivity index (χ4v) is 6.78. The summed E-state index contributed by atoms with van der Waals surface area (Å²) in [5, 5.41) is 0. The van der Waals surface area contributed by atoms with Crippen molar-refractivity contribution in [2.24, 2.45) is 11.3 Å². The van der Waals surface area contributed by atoms with E-state index in [-0.39, 0.29) is 0 Å². The average Bonchev–Trinajstić information content (AvgIpc) is 2.43. The molecule has 0 saturated heterocycles. The zero-order chi connectivity index (χ0) is 18.6. The monoisotopic (exact) mass is 358 g/mol. The van der Waals surface area contributed by atoms with E-state index in [4.69, 9.17) is 4.43 Å². The molecule has 2 unspecified atom stereocenters. The van der Waals surface area contributed by atoms with E-state index in [1.54, 1.807) is 11.1 Å². The van der Waals surface area contributed by atoms with Crippen molar-refractivity contribution in [2.75, 3.05) is 0 Å². The predicted octanol–water partition coefficient (Wildman–Crippen LogP) is 7.05. The lowest BCUT2D eigenvalue weighted by atomic mass is 9.50. The molecule has 3 rings (SSSR count). The number of rotatable bonds is 3. The Kier molecular flexibility index (Phi) is 4.67. The minimum atomic E-state index is -1.60. The smallest absolute Gasteiger partial charge is 0.242 e. The van der Waals surface area contributed by atoms with Gasteiger partial charge in [-0.3, -0.25) is 0 Å². The van der Waals surface area contributed by atoms with E-state index in [2.05, 4.69) is 66.4 Å². The first-order chi connectivity index (χ1) is 11.5. The number of hydrogen-bond donors (Lipinski definition) is 0. The van der Waals surface area contributed by atoms with Gasteiger partial charge in [-0.15, -0.1) is 0 Å². The molecule has 1 aromatic rings. The van der Waals surface area contributed by atoms with Crippen molar-refractivity contribution in [2.45, 2.75) is 97.7 Å². The third kappa shape index (κ3) is 3.31. The van der Waals surface area contributed by atoms with E-state index in [1.807, 2.05) is 0 Å². The molecule has 2 aliphatic carbocycles. The maximum atomic E-state index is 6.51. The van der Waals surface area contributed by atoms with Crippen LogP contribution in [0.5, 0.6) is 5.75 Å². The van der Waals surface area contributed by atoms with E-state index in [0.717, 1.165) is 5.92 Å². The van der Waals surface area contributed by atoms with Crippen molar-refractivity contribution in [3.63, 3.8) is 0 Å². The minimum absolute atomic E-state index is 0.344. The van der Waals surface area contributed by atoms with Gasteiger partial charge >= 0.3 is 0 Å². The van der Waals surface area contributed by atoms with Gasteiger partial charge in [0.1, 0.15) is 5.75 Å². The summed E-state index contributed by atoms with van der Waals surface area (Å²) in [5.74, 6) is 2.51. The number of fused-ring (bicyclic) bond motifs is 3. The Hall–Kier alpha value is -0.763. The second kappa shape index (κ2) is 6.15. The summed E-state index contributed by atoms with van der Waals surface area (Å²) in [7, 11) is -1.60. The van der Waals surface area contributed by atoms with Gasteiger partial charge in [-0.2, -0.15) is 0 Å². The van der Waals surface area contributed by atoms with Crippen LogP contribution in [0.3, 0.4) is 0 Å². The molecule has 0 amide bonds. The summed E-state index contributed by atoms with van der Waals surface area (Å²) < 4.78 is 6.51. The molecule has 140 valence electrons. The van der Waals surface area contributed by atoms with Gasteiger partial charge in [-0.25, -0.2) is 0 Å². The van der Waals surface area contributed by atoms with Gasteiger partial charge in [0, 0.05) is 0 Å². The van der Waals surface area contributed by atoms with Crippen LogP contribution in [0.15, 0.2) is 12.1 Å². The van der Waals surface area contributed by atoms with Crippen LogP contribution in [0.25, 0.3) is 0 Å². The van der Waals surface area contributed by atoms with E-state index < -0.39 is 8.32 Å². The number of benzene rings is 1. The van der Waals surface area contributed by atoms with Gasteiger partial charge in [0.25, 0.3) is 0 Å². The second-order valence-corrected chi connectivity index (χ2v) is 15.2. The quantitative estimate of drug-likeness (QED) is 0.526. The molecule has 1 fully saturated rings. The van der Waals surface area contributed by atoms with Crippen molar-refractivity contribution in [3.05, 3.63) is 28.8 Å². The summed E-state index contributed by atoms with van der Waals surface area (Å²) in [4.78, 5) is 0.